The molecule has 0 radical (unpaired) electrons. The molecule has 122 valence electrons. The van der Waals surface area contributed by atoms with E-state index in [1.165, 1.54) is 43.9 Å². The van der Waals surface area contributed by atoms with E-state index < -0.39 is 0 Å². The van der Waals surface area contributed by atoms with Crippen LogP contribution in [0.1, 0.15) is 56.7 Å². The van der Waals surface area contributed by atoms with Gasteiger partial charge in [-0.1, -0.05) is 56.5 Å². The summed E-state index contributed by atoms with van der Waals surface area (Å²) in [4.78, 5) is 12.1. The van der Waals surface area contributed by atoms with Crippen molar-refractivity contribution in [2.45, 2.75) is 58.5 Å². The Labute approximate surface area is 134 Å². The normalized spacial score (nSPS) is 18.4. The molecule has 1 fully saturated rings. The maximum atomic E-state index is 12.1. The maximum absolute atomic E-state index is 12.1. The fourth-order valence-electron chi connectivity index (χ4n) is 3.42. The molecule has 1 aliphatic rings. The zero-order valence-corrected chi connectivity index (χ0v) is 14.3. The molecule has 0 spiro atoms. The summed E-state index contributed by atoms with van der Waals surface area (Å²) in [6.07, 6.45) is 5.05. The Morgan fingerprint density at radius 2 is 1.77 bits per heavy atom. The lowest BCUT2D eigenvalue weighted by atomic mass is 9.89. The van der Waals surface area contributed by atoms with Crippen LogP contribution >= 0.6 is 0 Å². The van der Waals surface area contributed by atoms with Crippen molar-refractivity contribution in [2.24, 2.45) is 11.8 Å². The molecule has 1 aliphatic carbocycles. The van der Waals surface area contributed by atoms with Crippen LogP contribution in [-0.4, -0.2) is 19.1 Å². The summed E-state index contributed by atoms with van der Waals surface area (Å²) in [5, 5.41) is 3.61. The molecule has 0 bridgehead atoms. The average Bonchev–Trinajstić information content (AvgIpc) is 3.02. The topological polar surface area (TPSA) is 38.3 Å². The number of carbonyl (C=O) groups is 1. The minimum absolute atomic E-state index is 0.162. The van der Waals surface area contributed by atoms with Crippen LogP contribution in [-0.2, 0) is 9.53 Å². The van der Waals surface area contributed by atoms with E-state index in [2.05, 4.69) is 50.4 Å². The molecule has 1 N–H and O–H groups in total. The first-order valence-corrected chi connectivity index (χ1v) is 8.43. The predicted octanol–water partition coefficient (Wildman–Crippen LogP) is 4.01. The number of rotatable bonds is 6. The van der Waals surface area contributed by atoms with Crippen LogP contribution in [0.3, 0.4) is 0 Å². The monoisotopic (exact) mass is 303 g/mol. The third-order valence-corrected chi connectivity index (χ3v) is 4.79. The Kier molecular flexibility index (Phi) is 6.01. The van der Waals surface area contributed by atoms with Crippen molar-refractivity contribution in [3.8, 4) is 0 Å². The number of carbonyl (C=O) groups excluding carboxylic acids is 1. The first-order chi connectivity index (χ1) is 10.5. The largest absolute Gasteiger partial charge is 0.468 e. The van der Waals surface area contributed by atoms with E-state index >= 15 is 0 Å². The lowest BCUT2D eigenvalue weighted by Gasteiger charge is -2.31. The quantitative estimate of drug-likeness (QED) is 0.807. The molecule has 0 saturated heterocycles. The third kappa shape index (κ3) is 4.10. The van der Waals surface area contributed by atoms with E-state index in [0.29, 0.717) is 5.92 Å². The lowest BCUT2D eigenvalue weighted by Crippen LogP contribution is -2.45. The van der Waals surface area contributed by atoms with Crippen LogP contribution in [0.5, 0.6) is 0 Å². The van der Waals surface area contributed by atoms with Crippen molar-refractivity contribution in [1.82, 2.24) is 5.32 Å². The SMILES string of the molecule is COC(=O)[C@@H](N[C@H](c1ccc(C)cc1)C1CCCC1)C(C)C. The fraction of sp³-hybridized carbons (Fsp3) is 0.632. The molecule has 0 aromatic heterocycles. The van der Waals surface area contributed by atoms with Gasteiger partial charge in [0.05, 0.1) is 7.11 Å². The van der Waals surface area contributed by atoms with Crippen molar-refractivity contribution in [3.63, 3.8) is 0 Å². The van der Waals surface area contributed by atoms with Crippen LogP contribution in [0.15, 0.2) is 24.3 Å². The Morgan fingerprint density at radius 3 is 2.27 bits per heavy atom. The number of hydrogen-bond donors (Lipinski definition) is 1. The lowest BCUT2D eigenvalue weighted by molar-refractivity contribution is -0.144. The average molecular weight is 303 g/mol. The van der Waals surface area contributed by atoms with Gasteiger partial charge in [0.25, 0.3) is 0 Å². The summed E-state index contributed by atoms with van der Waals surface area (Å²) in [5.74, 6) is 0.653. The zero-order valence-electron chi connectivity index (χ0n) is 14.3. The van der Waals surface area contributed by atoms with E-state index in [-0.39, 0.29) is 24.0 Å². The number of nitrogens with one attached hydrogen (secondary N) is 1. The minimum Gasteiger partial charge on any atom is -0.468 e. The van der Waals surface area contributed by atoms with Gasteiger partial charge in [-0.25, -0.2) is 0 Å². The van der Waals surface area contributed by atoms with Crippen molar-refractivity contribution in [2.75, 3.05) is 7.11 Å². The van der Waals surface area contributed by atoms with Gasteiger partial charge in [0.15, 0.2) is 0 Å². The molecule has 0 amide bonds. The Bertz CT molecular complexity index is 475. The molecular weight excluding hydrogens is 274 g/mol. The van der Waals surface area contributed by atoms with Gasteiger partial charge in [-0.3, -0.25) is 10.1 Å². The van der Waals surface area contributed by atoms with Gasteiger partial charge in [-0.05, 0) is 37.2 Å². The standard InChI is InChI=1S/C19H29NO2/c1-13(2)17(19(21)22-4)20-18(15-7-5-6-8-15)16-11-9-14(3)10-12-16/h9-13,15,17-18,20H,5-8H2,1-4H3/t17-,18-/m0/s1. The Balaban J connectivity index is 2.23. The zero-order chi connectivity index (χ0) is 16.1. The number of benzene rings is 1. The summed E-state index contributed by atoms with van der Waals surface area (Å²) < 4.78 is 4.99. The molecule has 0 aliphatic heterocycles. The molecular formula is C19H29NO2. The van der Waals surface area contributed by atoms with E-state index in [1.807, 2.05) is 0 Å². The summed E-state index contributed by atoms with van der Waals surface area (Å²) in [7, 11) is 1.47. The van der Waals surface area contributed by atoms with Gasteiger partial charge in [0.2, 0.25) is 0 Å². The summed E-state index contributed by atoms with van der Waals surface area (Å²) in [6, 6.07) is 8.68. The van der Waals surface area contributed by atoms with Gasteiger partial charge in [-0.2, -0.15) is 0 Å². The highest BCUT2D eigenvalue weighted by Gasteiger charge is 2.32. The van der Waals surface area contributed by atoms with Crippen molar-refractivity contribution in [1.29, 1.82) is 0 Å². The highest BCUT2D eigenvalue weighted by Crippen LogP contribution is 2.36. The number of aryl methyl sites for hydroxylation is 1. The molecule has 1 aromatic carbocycles. The third-order valence-electron chi connectivity index (χ3n) is 4.79. The van der Waals surface area contributed by atoms with Gasteiger partial charge in [0.1, 0.15) is 6.04 Å². The van der Waals surface area contributed by atoms with Crippen LogP contribution in [0, 0.1) is 18.8 Å². The van der Waals surface area contributed by atoms with E-state index in [9.17, 15) is 4.79 Å². The van der Waals surface area contributed by atoms with Crippen LogP contribution in [0.2, 0.25) is 0 Å². The van der Waals surface area contributed by atoms with Crippen LogP contribution < -0.4 is 5.32 Å². The van der Waals surface area contributed by atoms with Crippen LogP contribution in [0.4, 0.5) is 0 Å². The van der Waals surface area contributed by atoms with Gasteiger partial charge in [0, 0.05) is 6.04 Å². The highest BCUT2D eigenvalue weighted by atomic mass is 16.5. The van der Waals surface area contributed by atoms with Crippen molar-refractivity contribution in [3.05, 3.63) is 35.4 Å². The molecule has 22 heavy (non-hydrogen) atoms. The van der Waals surface area contributed by atoms with E-state index in [4.69, 9.17) is 4.74 Å². The summed E-state index contributed by atoms with van der Waals surface area (Å²) in [6.45, 7) is 6.23. The minimum atomic E-state index is -0.253. The molecule has 0 heterocycles. The molecule has 3 heteroatoms. The second-order valence-electron chi connectivity index (χ2n) is 6.84. The smallest absolute Gasteiger partial charge is 0.323 e. The van der Waals surface area contributed by atoms with Gasteiger partial charge >= 0.3 is 5.97 Å². The van der Waals surface area contributed by atoms with Crippen LogP contribution in [0.25, 0.3) is 0 Å². The molecule has 0 unspecified atom stereocenters. The van der Waals surface area contributed by atoms with Gasteiger partial charge in [-0.15, -0.1) is 0 Å². The maximum Gasteiger partial charge on any atom is 0.323 e. The molecule has 1 aromatic rings. The summed E-state index contributed by atoms with van der Waals surface area (Å²) >= 11 is 0. The first-order valence-electron chi connectivity index (χ1n) is 8.43. The van der Waals surface area contributed by atoms with E-state index in [0.717, 1.165) is 0 Å². The molecule has 3 nitrogen and oxygen atoms in total. The Hall–Kier alpha value is -1.35. The van der Waals surface area contributed by atoms with E-state index in [1.54, 1.807) is 0 Å². The number of methoxy groups -OCH3 is 1. The highest BCUT2D eigenvalue weighted by molar-refractivity contribution is 5.76. The fourth-order valence-corrected chi connectivity index (χ4v) is 3.42. The molecule has 2 rings (SSSR count). The van der Waals surface area contributed by atoms with Crippen molar-refractivity contribution < 1.29 is 9.53 Å². The summed E-state index contributed by atoms with van der Waals surface area (Å²) in [5.41, 5.74) is 2.55. The number of ether oxygens (including phenoxy) is 1. The molecule has 1 saturated carbocycles. The second-order valence-corrected chi connectivity index (χ2v) is 6.84. The number of esters is 1. The predicted molar refractivity (Wildman–Crippen MR) is 89.7 cm³/mol. The second kappa shape index (κ2) is 7.77. The van der Waals surface area contributed by atoms with Gasteiger partial charge < -0.3 is 4.74 Å². The Morgan fingerprint density at radius 1 is 1.18 bits per heavy atom. The first kappa shape index (κ1) is 17.0. The molecule has 2 atom stereocenters. The van der Waals surface area contributed by atoms with Crippen molar-refractivity contribution >= 4 is 5.97 Å². The number of hydrogen-bond acceptors (Lipinski definition) is 3.